The molecule has 5 heterocycles. The Kier molecular flexibility index (Phi) is 5.49. The second-order valence-corrected chi connectivity index (χ2v) is 10.6. The summed E-state index contributed by atoms with van der Waals surface area (Å²) in [7, 11) is 0. The number of benzene rings is 2. The summed E-state index contributed by atoms with van der Waals surface area (Å²) in [5.74, 6) is 1.62. The highest BCUT2D eigenvalue weighted by atomic mass is 32.1. The summed E-state index contributed by atoms with van der Waals surface area (Å²) in [5.41, 5.74) is 3.69. The van der Waals surface area contributed by atoms with Crippen LogP contribution in [0.3, 0.4) is 0 Å². The Morgan fingerprint density at radius 3 is 2.59 bits per heavy atom. The Morgan fingerprint density at radius 1 is 1.00 bits per heavy atom. The van der Waals surface area contributed by atoms with Crippen LogP contribution in [0.1, 0.15) is 28.9 Å². The molecule has 1 aromatic heterocycles. The number of hydrogen-bond acceptors (Lipinski definition) is 5. The number of thiophene rings is 1. The predicted molar refractivity (Wildman–Crippen MR) is 132 cm³/mol. The van der Waals surface area contributed by atoms with Crippen LogP contribution >= 0.6 is 11.3 Å². The number of ether oxygens (including phenoxy) is 1. The molecular weight excluding hydrogens is 416 g/mol. The van der Waals surface area contributed by atoms with Gasteiger partial charge in [0.2, 0.25) is 0 Å². The molecule has 5 heteroatoms. The Bertz CT molecular complexity index is 1130. The van der Waals surface area contributed by atoms with Crippen LogP contribution < -0.4 is 4.90 Å². The number of rotatable bonds is 5. The number of ketones is 1. The highest BCUT2D eigenvalue weighted by Gasteiger charge is 2.35. The van der Waals surface area contributed by atoms with Gasteiger partial charge in [-0.25, -0.2) is 0 Å². The summed E-state index contributed by atoms with van der Waals surface area (Å²) in [4.78, 5) is 19.1. The van der Waals surface area contributed by atoms with E-state index in [0.717, 1.165) is 43.6 Å². The van der Waals surface area contributed by atoms with Crippen LogP contribution in [0, 0.1) is 11.8 Å². The van der Waals surface area contributed by atoms with Crippen molar-refractivity contribution in [3.8, 4) is 11.1 Å². The summed E-state index contributed by atoms with van der Waals surface area (Å²) in [6.45, 7) is 7.01. The van der Waals surface area contributed by atoms with Crippen LogP contribution in [-0.4, -0.2) is 56.6 Å². The topological polar surface area (TPSA) is 32.8 Å². The zero-order chi connectivity index (χ0) is 21.5. The normalized spacial score (nSPS) is 25.4. The molecule has 1 atom stereocenters. The molecule has 4 saturated heterocycles. The molecule has 0 saturated carbocycles. The monoisotopic (exact) mass is 446 g/mol. The number of Topliss-reactive ketones (excluding diaryl/α,β-unsaturated/α-hetero) is 1. The van der Waals surface area contributed by atoms with Gasteiger partial charge >= 0.3 is 0 Å². The van der Waals surface area contributed by atoms with E-state index in [1.807, 2.05) is 0 Å². The fourth-order valence-corrected chi connectivity index (χ4v) is 6.92. The van der Waals surface area contributed by atoms with Gasteiger partial charge < -0.3 is 14.5 Å². The molecule has 2 bridgehead atoms. The molecule has 0 spiro atoms. The smallest absolute Gasteiger partial charge is 0.173 e. The fourth-order valence-electron chi connectivity index (χ4n) is 5.78. The second kappa shape index (κ2) is 8.62. The number of nitrogens with zero attached hydrogens (tertiary/aromatic N) is 2. The highest BCUT2D eigenvalue weighted by molar-refractivity contribution is 7.21. The number of hydrogen-bond donors (Lipinski definition) is 0. The van der Waals surface area contributed by atoms with E-state index in [0.29, 0.717) is 18.1 Å². The molecule has 4 aliphatic rings. The number of anilines is 1. The highest BCUT2D eigenvalue weighted by Crippen LogP contribution is 2.39. The van der Waals surface area contributed by atoms with Gasteiger partial charge in [-0.15, -0.1) is 11.3 Å². The van der Waals surface area contributed by atoms with Crippen molar-refractivity contribution in [3.05, 3.63) is 53.4 Å². The Morgan fingerprint density at radius 2 is 1.81 bits per heavy atom. The van der Waals surface area contributed by atoms with Gasteiger partial charge in [0.1, 0.15) is 0 Å². The van der Waals surface area contributed by atoms with Crippen molar-refractivity contribution >= 4 is 32.9 Å². The molecule has 0 unspecified atom stereocenters. The lowest BCUT2D eigenvalue weighted by Gasteiger charge is -2.44. The molecule has 7 rings (SSSR count). The van der Waals surface area contributed by atoms with E-state index in [2.05, 4.69) is 58.3 Å². The first-order valence-corrected chi connectivity index (χ1v) is 12.8. The van der Waals surface area contributed by atoms with Crippen LogP contribution in [0.25, 0.3) is 21.2 Å². The first-order chi connectivity index (χ1) is 15.7. The van der Waals surface area contributed by atoms with Crippen molar-refractivity contribution < 1.29 is 9.53 Å². The third-order valence-electron chi connectivity index (χ3n) is 7.59. The minimum atomic E-state index is 0.331. The van der Waals surface area contributed by atoms with Crippen molar-refractivity contribution in [1.29, 1.82) is 0 Å². The van der Waals surface area contributed by atoms with Crippen molar-refractivity contribution in [3.63, 3.8) is 0 Å². The van der Waals surface area contributed by atoms with E-state index in [9.17, 15) is 4.79 Å². The van der Waals surface area contributed by atoms with E-state index in [1.165, 1.54) is 52.8 Å². The van der Waals surface area contributed by atoms with Crippen molar-refractivity contribution in [2.75, 3.05) is 50.8 Å². The summed E-state index contributed by atoms with van der Waals surface area (Å²) < 4.78 is 6.74. The SMILES string of the molecule is O=C(C[C@H]1CN2CCC1CC2)c1cc2cccc(-c3cccc(N4CCOCC4)c3)c2s1. The van der Waals surface area contributed by atoms with Crippen molar-refractivity contribution in [1.82, 2.24) is 4.90 Å². The number of fused-ring (bicyclic) bond motifs is 4. The average molecular weight is 447 g/mol. The summed E-state index contributed by atoms with van der Waals surface area (Å²) in [5, 5.41) is 1.18. The maximum Gasteiger partial charge on any atom is 0.173 e. The lowest BCUT2D eigenvalue weighted by Crippen LogP contribution is -2.47. The molecule has 4 nitrogen and oxygen atoms in total. The molecule has 4 aliphatic heterocycles. The first kappa shape index (κ1) is 20.4. The molecule has 0 amide bonds. The quantitative estimate of drug-likeness (QED) is 0.497. The van der Waals surface area contributed by atoms with Crippen LogP contribution in [0.4, 0.5) is 5.69 Å². The molecule has 0 radical (unpaired) electrons. The zero-order valence-corrected chi connectivity index (χ0v) is 19.3. The third kappa shape index (κ3) is 3.87. The lowest BCUT2D eigenvalue weighted by atomic mass is 9.76. The first-order valence-electron chi connectivity index (χ1n) is 12.0. The van der Waals surface area contributed by atoms with E-state index < -0.39 is 0 Å². The van der Waals surface area contributed by atoms with E-state index in [1.54, 1.807) is 11.3 Å². The lowest BCUT2D eigenvalue weighted by molar-refractivity contribution is 0.0442. The van der Waals surface area contributed by atoms with E-state index in [-0.39, 0.29) is 0 Å². The molecular formula is C27H30N2O2S. The predicted octanol–water partition coefficient (Wildman–Crippen LogP) is 5.32. The maximum absolute atomic E-state index is 13.2. The Balaban J connectivity index is 1.27. The number of carbonyl (C=O) groups excluding carboxylic acids is 1. The number of morpholine rings is 1. The zero-order valence-electron chi connectivity index (χ0n) is 18.5. The molecule has 166 valence electrons. The van der Waals surface area contributed by atoms with Gasteiger partial charge in [0.05, 0.1) is 18.1 Å². The standard InChI is InChI=1S/C27H30N2O2S/c30-25(16-22-18-28-9-7-19(22)8-10-28)26-17-21-4-2-6-24(27(21)32-26)20-3-1-5-23(15-20)29-11-13-31-14-12-29/h1-6,15,17,19,22H,7-14,16,18H2/t22-/m0/s1. The van der Waals surface area contributed by atoms with Crippen LogP contribution in [0.5, 0.6) is 0 Å². The summed E-state index contributed by atoms with van der Waals surface area (Å²) in [6.07, 6.45) is 3.25. The minimum Gasteiger partial charge on any atom is -0.378 e. The third-order valence-corrected chi connectivity index (χ3v) is 8.82. The van der Waals surface area contributed by atoms with Crippen molar-refractivity contribution in [2.24, 2.45) is 11.8 Å². The van der Waals surface area contributed by atoms with Gasteiger partial charge in [-0.05, 0) is 72.5 Å². The van der Waals surface area contributed by atoms with Crippen LogP contribution in [0.15, 0.2) is 48.5 Å². The maximum atomic E-state index is 13.2. The second-order valence-electron chi connectivity index (χ2n) is 9.51. The fraction of sp³-hybridized carbons (Fsp3) is 0.444. The van der Waals surface area contributed by atoms with Gasteiger partial charge in [0, 0.05) is 36.4 Å². The van der Waals surface area contributed by atoms with Gasteiger partial charge in [-0.3, -0.25) is 4.79 Å². The summed E-state index contributed by atoms with van der Waals surface area (Å²) >= 11 is 1.68. The number of carbonyl (C=O) groups is 1. The van der Waals surface area contributed by atoms with Gasteiger partial charge in [0.25, 0.3) is 0 Å². The average Bonchev–Trinajstić information content (AvgIpc) is 3.30. The molecule has 0 N–H and O–H groups in total. The van der Waals surface area contributed by atoms with Gasteiger partial charge in [-0.1, -0.05) is 30.3 Å². The van der Waals surface area contributed by atoms with E-state index >= 15 is 0 Å². The summed E-state index contributed by atoms with van der Waals surface area (Å²) in [6, 6.07) is 17.4. The van der Waals surface area contributed by atoms with Crippen LogP contribution in [0.2, 0.25) is 0 Å². The molecule has 32 heavy (non-hydrogen) atoms. The molecule has 3 aromatic rings. The Labute approximate surface area is 193 Å². The van der Waals surface area contributed by atoms with E-state index in [4.69, 9.17) is 4.74 Å². The molecule has 4 fully saturated rings. The largest absolute Gasteiger partial charge is 0.378 e. The molecule has 0 aliphatic carbocycles. The van der Waals surface area contributed by atoms with Gasteiger partial charge in [0.15, 0.2) is 5.78 Å². The van der Waals surface area contributed by atoms with Gasteiger partial charge in [-0.2, -0.15) is 0 Å². The number of piperidine rings is 3. The van der Waals surface area contributed by atoms with Crippen LogP contribution in [-0.2, 0) is 4.74 Å². The molecule has 2 aromatic carbocycles. The van der Waals surface area contributed by atoms with Crippen molar-refractivity contribution in [2.45, 2.75) is 19.3 Å². The minimum absolute atomic E-state index is 0.331. The Hall–Kier alpha value is -2.21.